The highest BCUT2D eigenvalue weighted by Gasteiger charge is 2.23. The van der Waals surface area contributed by atoms with Crippen molar-refractivity contribution in [3.05, 3.63) is 43.3 Å². The van der Waals surface area contributed by atoms with E-state index in [1.54, 1.807) is 13.8 Å². The first-order valence-corrected chi connectivity index (χ1v) is 8.15. The molecule has 0 radical (unpaired) electrons. The lowest BCUT2D eigenvalue weighted by atomic mass is 9.95. The minimum atomic E-state index is -0.571. The van der Waals surface area contributed by atoms with E-state index in [1.165, 1.54) is 17.4 Å². The number of aryl methyl sites for hydroxylation is 2. The van der Waals surface area contributed by atoms with Crippen molar-refractivity contribution in [1.82, 2.24) is 9.97 Å². The van der Waals surface area contributed by atoms with Crippen molar-refractivity contribution in [1.29, 1.82) is 0 Å². The molecule has 0 saturated heterocycles. The second-order valence-corrected chi connectivity index (χ2v) is 7.78. The zero-order chi connectivity index (χ0) is 18.2. The number of anilines is 1. The van der Waals surface area contributed by atoms with E-state index in [4.69, 9.17) is 5.73 Å². The average molecular weight is 348 g/mol. The van der Waals surface area contributed by atoms with Crippen LogP contribution in [-0.4, -0.2) is 21.8 Å². The van der Waals surface area contributed by atoms with Gasteiger partial charge in [-0.05, 0) is 19.9 Å². The molecule has 2 aromatic rings. The van der Waals surface area contributed by atoms with Gasteiger partial charge in [0, 0.05) is 10.3 Å². The number of H-pyrrole nitrogens is 1. The zero-order valence-electron chi connectivity index (χ0n) is 14.2. The standard InChI is InChI=1S/C16H20N4O3S/c1-7-11(14(23)20-15(18-7)16(3,4)5)13(22)19-9-6-10(12(17)21)24-8(9)2/h6H,1-5H3,(H2,17,21)(H,19,22)(H,18,20,23). The Morgan fingerprint density at radius 2 is 1.92 bits per heavy atom. The highest BCUT2D eigenvalue weighted by molar-refractivity contribution is 7.14. The SMILES string of the molecule is Cc1nc(C(C)(C)C)[nH]c(=O)c1C(=O)Nc1cc(C(N)=O)sc1C. The fraction of sp³-hybridized carbons (Fsp3) is 0.375. The molecule has 2 heterocycles. The summed E-state index contributed by atoms with van der Waals surface area (Å²) in [4.78, 5) is 44.1. The number of nitrogens with one attached hydrogen (secondary N) is 2. The summed E-state index contributed by atoms with van der Waals surface area (Å²) in [5, 5.41) is 2.65. The third kappa shape index (κ3) is 3.53. The van der Waals surface area contributed by atoms with Crippen molar-refractivity contribution in [3.8, 4) is 0 Å². The van der Waals surface area contributed by atoms with Gasteiger partial charge in [-0.1, -0.05) is 20.8 Å². The Kier molecular flexibility index (Phi) is 4.61. The number of primary amides is 1. The Bertz CT molecular complexity index is 874. The molecule has 24 heavy (non-hydrogen) atoms. The summed E-state index contributed by atoms with van der Waals surface area (Å²) in [6.45, 7) is 9.14. The van der Waals surface area contributed by atoms with E-state index in [1.807, 2.05) is 20.8 Å². The number of nitrogens with zero attached hydrogens (tertiary/aromatic N) is 1. The number of carbonyl (C=O) groups is 2. The zero-order valence-corrected chi connectivity index (χ0v) is 15.1. The van der Waals surface area contributed by atoms with Gasteiger partial charge in [-0.3, -0.25) is 14.4 Å². The van der Waals surface area contributed by atoms with E-state index in [0.717, 1.165) is 4.88 Å². The molecule has 2 aromatic heterocycles. The molecular formula is C16H20N4O3S. The summed E-state index contributed by atoms with van der Waals surface area (Å²) in [6, 6.07) is 1.50. The van der Waals surface area contributed by atoms with E-state index in [0.29, 0.717) is 22.1 Å². The van der Waals surface area contributed by atoms with Gasteiger partial charge in [-0.2, -0.15) is 0 Å². The molecule has 0 aromatic carbocycles. The molecule has 8 heteroatoms. The number of rotatable bonds is 3. The van der Waals surface area contributed by atoms with Gasteiger partial charge in [-0.15, -0.1) is 11.3 Å². The molecule has 0 aliphatic heterocycles. The summed E-state index contributed by atoms with van der Waals surface area (Å²) in [7, 11) is 0. The predicted molar refractivity (Wildman–Crippen MR) is 93.8 cm³/mol. The van der Waals surface area contributed by atoms with E-state index in [-0.39, 0.29) is 11.0 Å². The molecule has 7 nitrogen and oxygen atoms in total. The molecule has 0 aliphatic carbocycles. The molecule has 0 aliphatic rings. The van der Waals surface area contributed by atoms with Crippen molar-refractivity contribution in [2.24, 2.45) is 5.73 Å². The van der Waals surface area contributed by atoms with Crippen LogP contribution in [0.5, 0.6) is 0 Å². The van der Waals surface area contributed by atoms with Crippen molar-refractivity contribution in [2.75, 3.05) is 5.32 Å². The van der Waals surface area contributed by atoms with E-state index >= 15 is 0 Å². The first-order valence-electron chi connectivity index (χ1n) is 7.33. The number of hydrogen-bond donors (Lipinski definition) is 3. The number of thiophene rings is 1. The molecule has 0 saturated carbocycles. The monoisotopic (exact) mass is 348 g/mol. The minimum absolute atomic E-state index is 0.0470. The first-order chi connectivity index (χ1) is 11.0. The summed E-state index contributed by atoms with van der Waals surface area (Å²) in [5.41, 5.74) is 5.17. The van der Waals surface area contributed by atoms with Crippen LogP contribution >= 0.6 is 11.3 Å². The quantitative estimate of drug-likeness (QED) is 0.787. The molecule has 0 spiro atoms. The van der Waals surface area contributed by atoms with Crippen LogP contribution in [0.1, 0.15) is 57.2 Å². The summed E-state index contributed by atoms with van der Waals surface area (Å²) in [5.74, 6) is -0.614. The van der Waals surface area contributed by atoms with Gasteiger partial charge in [0.2, 0.25) is 0 Å². The number of carbonyl (C=O) groups excluding carboxylic acids is 2. The van der Waals surface area contributed by atoms with Gasteiger partial charge < -0.3 is 16.0 Å². The van der Waals surface area contributed by atoms with Crippen molar-refractivity contribution in [2.45, 2.75) is 40.0 Å². The molecule has 0 unspecified atom stereocenters. The topological polar surface area (TPSA) is 118 Å². The molecule has 0 bridgehead atoms. The molecule has 4 N–H and O–H groups in total. The summed E-state index contributed by atoms with van der Waals surface area (Å²) in [6.07, 6.45) is 0. The Balaban J connectivity index is 2.38. The van der Waals surface area contributed by atoms with Crippen molar-refractivity contribution in [3.63, 3.8) is 0 Å². The maximum absolute atomic E-state index is 12.5. The smallest absolute Gasteiger partial charge is 0.264 e. The van der Waals surface area contributed by atoms with Crippen LogP contribution in [0.15, 0.2) is 10.9 Å². The Labute approximate surface area is 143 Å². The van der Waals surface area contributed by atoms with Crippen LogP contribution in [0, 0.1) is 13.8 Å². The summed E-state index contributed by atoms with van der Waals surface area (Å²) < 4.78 is 0. The first kappa shape index (κ1) is 17.9. The number of aromatic nitrogens is 2. The van der Waals surface area contributed by atoms with Gasteiger partial charge in [-0.25, -0.2) is 4.98 Å². The molecule has 2 rings (SSSR count). The van der Waals surface area contributed by atoms with Crippen LogP contribution in [0.3, 0.4) is 0 Å². The maximum Gasteiger partial charge on any atom is 0.264 e. The van der Waals surface area contributed by atoms with Gasteiger partial charge >= 0.3 is 0 Å². The Hall–Kier alpha value is -2.48. The normalized spacial score (nSPS) is 11.4. The third-order valence-electron chi connectivity index (χ3n) is 3.45. The lowest BCUT2D eigenvalue weighted by Gasteiger charge is -2.18. The number of aromatic amines is 1. The predicted octanol–water partition coefficient (Wildman–Crippen LogP) is 2.10. The Morgan fingerprint density at radius 1 is 1.29 bits per heavy atom. The minimum Gasteiger partial charge on any atom is -0.365 e. The van der Waals surface area contributed by atoms with Crippen LogP contribution in [0.4, 0.5) is 5.69 Å². The largest absolute Gasteiger partial charge is 0.365 e. The fourth-order valence-corrected chi connectivity index (χ4v) is 2.95. The molecule has 0 atom stereocenters. The highest BCUT2D eigenvalue weighted by Crippen LogP contribution is 2.26. The van der Waals surface area contributed by atoms with Crippen LogP contribution < -0.4 is 16.6 Å². The molecule has 128 valence electrons. The second kappa shape index (κ2) is 6.20. The van der Waals surface area contributed by atoms with Gasteiger partial charge in [0.05, 0.1) is 16.3 Å². The average Bonchev–Trinajstić information content (AvgIpc) is 2.78. The number of nitrogens with two attached hydrogens (primary N) is 1. The van der Waals surface area contributed by atoms with Crippen LogP contribution in [0.25, 0.3) is 0 Å². The van der Waals surface area contributed by atoms with Crippen molar-refractivity contribution >= 4 is 28.8 Å². The fourth-order valence-electron chi connectivity index (χ4n) is 2.12. The van der Waals surface area contributed by atoms with E-state index in [2.05, 4.69) is 15.3 Å². The maximum atomic E-state index is 12.5. The Morgan fingerprint density at radius 3 is 2.38 bits per heavy atom. The molecule has 0 fully saturated rings. The lowest BCUT2D eigenvalue weighted by molar-refractivity contribution is 0.0999. The van der Waals surface area contributed by atoms with Gasteiger partial charge in [0.15, 0.2) is 0 Å². The van der Waals surface area contributed by atoms with Gasteiger partial charge in [0.25, 0.3) is 17.4 Å². The van der Waals surface area contributed by atoms with Crippen LogP contribution in [-0.2, 0) is 5.41 Å². The second-order valence-electron chi connectivity index (χ2n) is 6.52. The van der Waals surface area contributed by atoms with Crippen molar-refractivity contribution < 1.29 is 9.59 Å². The van der Waals surface area contributed by atoms with Gasteiger partial charge in [0.1, 0.15) is 11.4 Å². The third-order valence-corrected chi connectivity index (χ3v) is 4.51. The molecular weight excluding hydrogens is 328 g/mol. The summed E-state index contributed by atoms with van der Waals surface area (Å²) >= 11 is 1.18. The lowest BCUT2D eigenvalue weighted by Crippen LogP contribution is -2.30. The van der Waals surface area contributed by atoms with Crippen LogP contribution in [0.2, 0.25) is 0 Å². The highest BCUT2D eigenvalue weighted by atomic mass is 32.1. The van der Waals surface area contributed by atoms with E-state index in [9.17, 15) is 14.4 Å². The number of hydrogen-bond acceptors (Lipinski definition) is 5. The number of amides is 2. The molecule has 2 amide bonds. The van der Waals surface area contributed by atoms with E-state index < -0.39 is 17.4 Å².